The number of anilines is 1. The van der Waals surface area contributed by atoms with Gasteiger partial charge in [-0.1, -0.05) is 18.2 Å². The van der Waals surface area contributed by atoms with Crippen molar-refractivity contribution in [3.05, 3.63) is 54.6 Å². The predicted octanol–water partition coefficient (Wildman–Crippen LogP) is 3.34. The number of phenols is 1. The van der Waals surface area contributed by atoms with E-state index in [9.17, 15) is 48.8 Å². The highest BCUT2D eigenvalue weighted by Crippen LogP contribution is 2.43. The smallest absolute Gasteiger partial charge is 0.297 e. The minimum atomic E-state index is -5.13. The zero-order valence-electron chi connectivity index (χ0n) is 20.9. The van der Waals surface area contributed by atoms with Crippen LogP contribution in [0.5, 0.6) is 5.75 Å². The number of hydrogen-bond acceptors (Lipinski definition) is 11. The second kappa shape index (κ2) is 10.4. The maximum atomic E-state index is 12.3. The van der Waals surface area contributed by atoms with E-state index in [-0.39, 0.29) is 27.2 Å². The number of nitrogens with one attached hydrogen (secondary N) is 1. The zero-order valence-corrected chi connectivity index (χ0v) is 23.4. The summed E-state index contributed by atoms with van der Waals surface area (Å²) in [6.45, 7) is 1.27. The molecule has 4 aromatic rings. The number of hydrogen-bond donors (Lipinski definition) is 5. The van der Waals surface area contributed by atoms with Crippen LogP contribution >= 0.6 is 0 Å². The summed E-state index contributed by atoms with van der Waals surface area (Å²) in [4.78, 5) is 9.35. The van der Waals surface area contributed by atoms with Gasteiger partial charge in [-0.2, -0.15) is 25.3 Å². The van der Waals surface area contributed by atoms with Gasteiger partial charge in [-0.15, -0.1) is 10.2 Å². The molecule has 0 radical (unpaired) electrons. The van der Waals surface area contributed by atoms with Gasteiger partial charge in [0.1, 0.15) is 26.1 Å². The van der Waals surface area contributed by atoms with E-state index in [0.717, 1.165) is 41.4 Å². The minimum Gasteiger partial charge on any atom is -0.505 e. The molecular formula is C23H20N4O11S3. The van der Waals surface area contributed by atoms with Crippen LogP contribution in [0.1, 0.15) is 6.92 Å². The number of fused-ring (bicyclic) bond motifs is 2. The van der Waals surface area contributed by atoms with Crippen LogP contribution in [0.2, 0.25) is 0 Å². The first kappa shape index (κ1) is 29.9. The molecule has 0 bridgehead atoms. The normalized spacial score (nSPS) is 12.8. The summed E-state index contributed by atoms with van der Waals surface area (Å²) in [7, 11) is -13.5. The molecule has 4 rings (SSSR count). The quantitative estimate of drug-likeness (QED) is 0.113. The van der Waals surface area contributed by atoms with E-state index in [1.54, 1.807) is 0 Å². The highest BCUT2D eigenvalue weighted by atomic mass is 32.2. The van der Waals surface area contributed by atoms with Gasteiger partial charge >= 0.3 is 0 Å². The number of hydrazine groups is 1. The van der Waals surface area contributed by atoms with Gasteiger partial charge in [0.15, 0.2) is 5.75 Å². The highest BCUT2D eigenvalue weighted by Gasteiger charge is 2.26. The van der Waals surface area contributed by atoms with Gasteiger partial charge < -0.3 is 5.11 Å². The second-order valence-corrected chi connectivity index (χ2v) is 12.6. The molecule has 0 aliphatic carbocycles. The molecule has 15 nitrogen and oxygen atoms in total. The van der Waals surface area contributed by atoms with Crippen molar-refractivity contribution < 1.29 is 48.8 Å². The number of benzene rings is 4. The summed E-state index contributed by atoms with van der Waals surface area (Å²) in [5.74, 6) is -1.20. The summed E-state index contributed by atoms with van der Waals surface area (Å²) >= 11 is 0. The number of aromatic hydroxyl groups is 1. The zero-order chi connectivity index (χ0) is 30.5. The minimum absolute atomic E-state index is 0.0148. The Labute approximate surface area is 233 Å². The lowest BCUT2D eigenvalue weighted by Gasteiger charge is -2.20. The molecule has 0 aromatic heterocycles. The van der Waals surface area contributed by atoms with Crippen LogP contribution < -0.4 is 10.4 Å². The summed E-state index contributed by atoms with van der Waals surface area (Å²) < 4.78 is 102. The molecule has 0 heterocycles. The topological polar surface area (TPSA) is 240 Å². The monoisotopic (exact) mass is 624 g/mol. The van der Waals surface area contributed by atoms with Gasteiger partial charge in [0.2, 0.25) is 5.91 Å². The predicted molar refractivity (Wildman–Crippen MR) is 145 cm³/mol. The van der Waals surface area contributed by atoms with Crippen molar-refractivity contribution in [3.63, 3.8) is 0 Å². The Morgan fingerprint density at radius 2 is 1.41 bits per heavy atom. The Kier molecular flexibility index (Phi) is 7.60. The van der Waals surface area contributed by atoms with Crippen LogP contribution in [-0.4, -0.2) is 57.0 Å². The second-order valence-electron chi connectivity index (χ2n) is 8.45. The molecule has 0 atom stereocenters. The van der Waals surface area contributed by atoms with E-state index >= 15 is 0 Å². The molecule has 0 unspecified atom stereocenters. The van der Waals surface area contributed by atoms with E-state index < -0.39 is 68.1 Å². The van der Waals surface area contributed by atoms with Crippen LogP contribution in [0.4, 0.5) is 17.1 Å². The van der Waals surface area contributed by atoms with E-state index in [1.807, 2.05) is 0 Å². The largest absolute Gasteiger partial charge is 0.505 e. The Bertz CT molecular complexity index is 2110. The molecule has 1 amide bonds. The summed E-state index contributed by atoms with van der Waals surface area (Å²) in [6.07, 6.45) is 0. The SMILES string of the molecule is CNN(C(C)=O)c1ccc2c(O)c(N=Nc3ccc4c(S(=O)(=O)O)cccc4c3S(=O)(=O)O)c(S(=O)(=O)O)cc2c1. The molecule has 0 aliphatic heterocycles. The van der Waals surface area contributed by atoms with Crippen LogP contribution in [0.25, 0.3) is 21.5 Å². The third-order valence-electron chi connectivity index (χ3n) is 5.85. The lowest BCUT2D eigenvalue weighted by molar-refractivity contribution is -0.117. The number of azo groups is 1. The molecule has 4 aromatic carbocycles. The average Bonchev–Trinajstić information content (AvgIpc) is 2.85. The third kappa shape index (κ3) is 5.75. The summed E-state index contributed by atoms with van der Waals surface area (Å²) in [5, 5.41) is 18.8. The van der Waals surface area contributed by atoms with Gasteiger partial charge in [-0.25, -0.2) is 10.4 Å². The fourth-order valence-electron chi connectivity index (χ4n) is 4.21. The van der Waals surface area contributed by atoms with Crippen LogP contribution in [-0.2, 0) is 35.1 Å². The van der Waals surface area contributed by atoms with Crippen molar-refractivity contribution in [2.75, 3.05) is 12.1 Å². The number of carbonyl (C=O) groups is 1. The van der Waals surface area contributed by atoms with Crippen molar-refractivity contribution in [2.45, 2.75) is 21.6 Å². The Hall–Kier alpha value is -4.04. The Balaban J connectivity index is 1.99. The molecule has 0 aliphatic rings. The fourth-order valence-corrected chi connectivity index (χ4v) is 6.40. The standard InChI is InChI=1S/C23H20N4O11S3/c1-12(28)27(24-2)14-6-7-15-13(10-14)11-20(40(33,34)35)21(22(15)29)26-25-18-9-8-16-17(23(18)41(36,37)38)4-3-5-19(16)39(30,31)32/h3-11,24,29H,1-2H3,(H,30,31,32)(H,33,34,35)(H,36,37,38). The van der Waals surface area contributed by atoms with Gasteiger partial charge in [0.25, 0.3) is 30.4 Å². The van der Waals surface area contributed by atoms with Crippen LogP contribution in [0.15, 0.2) is 79.5 Å². The van der Waals surface area contributed by atoms with E-state index in [2.05, 4.69) is 15.7 Å². The molecule has 18 heteroatoms. The van der Waals surface area contributed by atoms with Gasteiger partial charge in [-0.05, 0) is 41.8 Å². The van der Waals surface area contributed by atoms with Gasteiger partial charge in [0.05, 0.1) is 5.69 Å². The molecule has 0 fully saturated rings. The van der Waals surface area contributed by atoms with Crippen molar-refractivity contribution in [3.8, 4) is 5.75 Å². The maximum Gasteiger partial charge on any atom is 0.297 e. The van der Waals surface area contributed by atoms with Crippen LogP contribution in [0, 0.1) is 0 Å². The first-order valence-corrected chi connectivity index (χ1v) is 15.4. The Morgan fingerprint density at radius 1 is 0.780 bits per heavy atom. The number of amides is 1. The summed E-state index contributed by atoms with van der Waals surface area (Å²) in [6, 6.07) is 10.2. The summed E-state index contributed by atoms with van der Waals surface area (Å²) in [5.41, 5.74) is 1.51. The first-order chi connectivity index (χ1) is 18.9. The maximum absolute atomic E-state index is 12.3. The fraction of sp³-hybridized carbons (Fsp3) is 0.0870. The first-order valence-electron chi connectivity index (χ1n) is 11.1. The van der Waals surface area contributed by atoms with Crippen molar-refractivity contribution >= 4 is 74.9 Å². The number of nitrogens with zero attached hydrogens (tertiary/aromatic N) is 3. The molecule has 41 heavy (non-hydrogen) atoms. The Morgan fingerprint density at radius 3 is 1.98 bits per heavy atom. The molecule has 5 N–H and O–H groups in total. The molecule has 216 valence electrons. The third-order valence-corrected chi connectivity index (χ3v) is 8.58. The van der Waals surface area contributed by atoms with Gasteiger partial charge in [0, 0.05) is 30.1 Å². The number of phenolic OH excluding ortho intramolecular Hbond substituents is 1. The average molecular weight is 625 g/mol. The molecule has 0 spiro atoms. The van der Waals surface area contributed by atoms with E-state index in [1.165, 1.54) is 32.2 Å². The van der Waals surface area contributed by atoms with Crippen molar-refractivity contribution in [1.29, 1.82) is 0 Å². The molecule has 0 saturated heterocycles. The molecule has 0 saturated carbocycles. The lowest BCUT2D eigenvalue weighted by Crippen LogP contribution is -2.38. The van der Waals surface area contributed by atoms with Crippen molar-refractivity contribution in [2.24, 2.45) is 10.2 Å². The number of carbonyl (C=O) groups excluding carboxylic acids is 1. The van der Waals surface area contributed by atoms with E-state index in [0.29, 0.717) is 0 Å². The van der Waals surface area contributed by atoms with Crippen LogP contribution in [0.3, 0.4) is 0 Å². The lowest BCUT2D eigenvalue weighted by atomic mass is 10.1. The number of rotatable bonds is 7. The van der Waals surface area contributed by atoms with E-state index in [4.69, 9.17) is 0 Å². The molecular weight excluding hydrogens is 604 g/mol. The van der Waals surface area contributed by atoms with Crippen molar-refractivity contribution in [1.82, 2.24) is 5.43 Å². The highest BCUT2D eigenvalue weighted by molar-refractivity contribution is 7.86. The van der Waals surface area contributed by atoms with Gasteiger partial charge in [-0.3, -0.25) is 18.5 Å².